The highest BCUT2D eigenvalue weighted by Gasteiger charge is 2.21. The average Bonchev–Trinajstić information content (AvgIpc) is 2.33. The molecule has 6 heteroatoms. The third kappa shape index (κ3) is 7.24. The lowest BCUT2D eigenvalue weighted by Gasteiger charge is -2.26. The summed E-state index contributed by atoms with van der Waals surface area (Å²) in [7, 11) is 3.14. The molecule has 0 aromatic heterocycles. The first-order valence-electron chi connectivity index (χ1n) is 6.07. The zero-order chi connectivity index (χ0) is 14.2. The smallest absolute Gasteiger partial charge is 0.321 e. The van der Waals surface area contributed by atoms with Crippen molar-refractivity contribution in [2.45, 2.75) is 33.2 Å². The van der Waals surface area contributed by atoms with Gasteiger partial charge in [0.2, 0.25) is 5.91 Å². The van der Waals surface area contributed by atoms with Crippen LogP contribution in [0, 0.1) is 5.41 Å². The SMILES string of the molecule is CNC(=O)NC(=O)C(C)NCC(C)(C)CCOC. The number of imide groups is 1. The Labute approximate surface area is 109 Å². The van der Waals surface area contributed by atoms with Gasteiger partial charge in [-0.15, -0.1) is 0 Å². The molecule has 6 nitrogen and oxygen atoms in total. The van der Waals surface area contributed by atoms with Gasteiger partial charge in [-0.05, 0) is 18.8 Å². The van der Waals surface area contributed by atoms with Gasteiger partial charge in [0.1, 0.15) is 0 Å². The Morgan fingerprint density at radius 3 is 2.44 bits per heavy atom. The van der Waals surface area contributed by atoms with E-state index in [9.17, 15) is 9.59 Å². The van der Waals surface area contributed by atoms with E-state index in [0.29, 0.717) is 13.2 Å². The van der Waals surface area contributed by atoms with Gasteiger partial charge >= 0.3 is 6.03 Å². The summed E-state index contributed by atoms with van der Waals surface area (Å²) in [6.07, 6.45) is 0.903. The van der Waals surface area contributed by atoms with E-state index < -0.39 is 12.1 Å². The second kappa shape index (κ2) is 8.05. The summed E-state index contributed by atoms with van der Waals surface area (Å²) in [5.74, 6) is -0.336. The summed E-state index contributed by atoms with van der Waals surface area (Å²) < 4.78 is 5.04. The number of rotatable bonds is 7. The number of hydrogen-bond acceptors (Lipinski definition) is 4. The van der Waals surface area contributed by atoms with Crippen LogP contribution in [0.25, 0.3) is 0 Å². The molecule has 0 aliphatic heterocycles. The van der Waals surface area contributed by atoms with Crippen molar-refractivity contribution in [2.75, 3.05) is 27.3 Å². The summed E-state index contributed by atoms with van der Waals surface area (Å²) in [5, 5.41) is 7.68. The lowest BCUT2D eigenvalue weighted by Crippen LogP contribution is -2.49. The lowest BCUT2D eigenvalue weighted by atomic mass is 9.89. The monoisotopic (exact) mass is 259 g/mol. The molecule has 18 heavy (non-hydrogen) atoms. The fourth-order valence-corrected chi connectivity index (χ4v) is 1.27. The number of methoxy groups -OCH3 is 1. The van der Waals surface area contributed by atoms with Crippen molar-refractivity contribution in [1.82, 2.24) is 16.0 Å². The second-order valence-electron chi connectivity index (χ2n) is 5.08. The number of ether oxygens (including phenoxy) is 1. The molecular weight excluding hydrogens is 234 g/mol. The Bertz CT molecular complexity index is 280. The predicted octanol–water partition coefficient (Wildman–Crippen LogP) is 0.483. The third-order valence-corrected chi connectivity index (χ3v) is 2.73. The molecule has 0 aliphatic rings. The minimum absolute atomic E-state index is 0.0393. The molecule has 0 heterocycles. The van der Waals surface area contributed by atoms with Crippen molar-refractivity contribution in [1.29, 1.82) is 0 Å². The van der Waals surface area contributed by atoms with Gasteiger partial charge in [0.05, 0.1) is 6.04 Å². The van der Waals surface area contributed by atoms with Gasteiger partial charge in [0.15, 0.2) is 0 Å². The quantitative estimate of drug-likeness (QED) is 0.621. The Morgan fingerprint density at radius 2 is 1.94 bits per heavy atom. The summed E-state index contributed by atoms with van der Waals surface area (Å²) >= 11 is 0. The molecule has 3 amide bonds. The Balaban J connectivity index is 4.04. The highest BCUT2D eigenvalue weighted by Crippen LogP contribution is 2.18. The maximum atomic E-state index is 11.6. The summed E-state index contributed by atoms with van der Waals surface area (Å²) in [6.45, 7) is 7.29. The van der Waals surface area contributed by atoms with E-state index in [-0.39, 0.29) is 11.3 Å². The molecule has 0 saturated carbocycles. The molecule has 0 spiro atoms. The van der Waals surface area contributed by atoms with Crippen LogP contribution in [-0.2, 0) is 9.53 Å². The minimum Gasteiger partial charge on any atom is -0.385 e. The molecule has 0 radical (unpaired) electrons. The standard InChI is InChI=1S/C12H25N3O3/c1-9(10(16)15-11(17)13-4)14-8-12(2,3)6-7-18-5/h9,14H,6-8H2,1-5H3,(H2,13,15,16,17). The molecule has 0 bridgehead atoms. The van der Waals surface area contributed by atoms with Crippen molar-refractivity contribution in [3.63, 3.8) is 0 Å². The molecule has 1 unspecified atom stereocenters. The Hall–Kier alpha value is -1.14. The van der Waals surface area contributed by atoms with Crippen LogP contribution in [-0.4, -0.2) is 45.3 Å². The van der Waals surface area contributed by atoms with Crippen LogP contribution in [0.15, 0.2) is 0 Å². The number of nitrogens with one attached hydrogen (secondary N) is 3. The maximum absolute atomic E-state index is 11.6. The first-order chi connectivity index (χ1) is 8.32. The van der Waals surface area contributed by atoms with E-state index in [2.05, 4.69) is 29.8 Å². The van der Waals surface area contributed by atoms with Gasteiger partial charge in [-0.3, -0.25) is 10.1 Å². The fraction of sp³-hybridized carbons (Fsp3) is 0.833. The van der Waals surface area contributed by atoms with E-state index in [1.165, 1.54) is 7.05 Å². The summed E-state index contributed by atoms with van der Waals surface area (Å²) in [6, 6.07) is -0.906. The molecule has 0 rings (SSSR count). The Morgan fingerprint density at radius 1 is 1.33 bits per heavy atom. The zero-order valence-electron chi connectivity index (χ0n) is 11.9. The van der Waals surface area contributed by atoms with E-state index in [1.54, 1.807) is 14.0 Å². The topological polar surface area (TPSA) is 79.5 Å². The van der Waals surface area contributed by atoms with Crippen LogP contribution in [0.3, 0.4) is 0 Å². The van der Waals surface area contributed by atoms with E-state index in [1.807, 2.05) is 0 Å². The van der Waals surface area contributed by atoms with Crippen LogP contribution < -0.4 is 16.0 Å². The van der Waals surface area contributed by atoms with Gasteiger partial charge < -0.3 is 15.4 Å². The van der Waals surface area contributed by atoms with Crippen LogP contribution in [0.2, 0.25) is 0 Å². The largest absolute Gasteiger partial charge is 0.385 e. The van der Waals surface area contributed by atoms with Crippen LogP contribution in [0.1, 0.15) is 27.2 Å². The van der Waals surface area contributed by atoms with Crippen molar-refractivity contribution in [2.24, 2.45) is 5.41 Å². The number of urea groups is 1. The van der Waals surface area contributed by atoms with E-state index in [4.69, 9.17) is 4.74 Å². The van der Waals surface area contributed by atoms with Crippen molar-refractivity contribution in [3.8, 4) is 0 Å². The fourth-order valence-electron chi connectivity index (χ4n) is 1.27. The number of carbonyl (C=O) groups is 2. The maximum Gasteiger partial charge on any atom is 0.321 e. The van der Waals surface area contributed by atoms with Gasteiger partial charge in [0, 0.05) is 27.3 Å². The highest BCUT2D eigenvalue weighted by atomic mass is 16.5. The molecule has 3 N–H and O–H groups in total. The molecule has 0 aromatic rings. The lowest BCUT2D eigenvalue weighted by molar-refractivity contribution is -0.121. The average molecular weight is 259 g/mol. The van der Waals surface area contributed by atoms with Crippen molar-refractivity contribution in [3.05, 3.63) is 0 Å². The third-order valence-electron chi connectivity index (χ3n) is 2.73. The molecule has 1 atom stereocenters. The molecule has 0 saturated heterocycles. The van der Waals surface area contributed by atoms with Crippen LogP contribution in [0.4, 0.5) is 4.79 Å². The highest BCUT2D eigenvalue weighted by molar-refractivity contribution is 5.96. The van der Waals surface area contributed by atoms with Crippen LogP contribution >= 0.6 is 0 Å². The molecule has 0 aromatic carbocycles. The summed E-state index contributed by atoms with van der Waals surface area (Å²) in [5.41, 5.74) is 0.0393. The summed E-state index contributed by atoms with van der Waals surface area (Å²) in [4.78, 5) is 22.6. The predicted molar refractivity (Wildman–Crippen MR) is 70.3 cm³/mol. The number of hydrogen-bond donors (Lipinski definition) is 3. The molecule has 0 aliphatic carbocycles. The second-order valence-corrected chi connectivity index (χ2v) is 5.08. The van der Waals surface area contributed by atoms with Crippen molar-refractivity contribution >= 4 is 11.9 Å². The van der Waals surface area contributed by atoms with Gasteiger partial charge in [-0.2, -0.15) is 0 Å². The molecular formula is C12H25N3O3. The molecule has 106 valence electrons. The van der Waals surface area contributed by atoms with Gasteiger partial charge in [-0.1, -0.05) is 13.8 Å². The number of amides is 3. The van der Waals surface area contributed by atoms with Crippen molar-refractivity contribution < 1.29 is 14.3 Å². The van der Waals surface area contributed by atoms with Crippen LogP contribution in [0.5, 0.6) is 0 Å². The van der Waals surface area contributed by atoms with Gasteiger partial charge in [0.25, 0.3) is 0 Å². The van der Waals surface area contributed by atoms with Gasteiger partial charge in [-0.25, -0.2) is 4.79 Å². The minimum atomic E-state index is -0.493. The normalized spacial score (nSPS) is 12.9. The first kappa shape index (κ1) is 16.9. The van der Waals surface area contributed by atoms with E-state index in [0.717, 1.165) is 6.42 Å². The Kier molecular flexibility index (Phi) is 7.54. The molecule has 0 fully saturated rings. The van der Waals surface area contributed by atoms with E-state index >= 15 is 0 Å². The first-order valence-corrected chi connectivity index (χ1v) is 6.07. The zero-order valence-corrected chi connectivity index (χ0v) is 11.9. The number of carbonyl (C=O) groups excluding carboxylic acids is 2.